The molecule has 2 rings (SSSR count). The first-order valence-corrected chi connectivity index (χ1v) is 6.20. The number of carbonyl (C=O) groups is 2. The fourth-order valence-electron chi connectivity index (χ4n) is 1.93. The first-order valence-electron chi connectivity index (χ1n) is 6.20. The van der Waals surface area contributed by atoms with Crippen LogP contribution < -0.4 is 21.1 Å². The summed E-state index contributed by atoms with van der Waals surface area (Å²) in [5.74, 6) is -0.0104. The lowest BCUT2D eigenvalue weighted by atomic mass is 10.2. The van der Waals surface area contributed by atoms with Gasteiger partial charge in [-0.05, 0) is 43.7 Å². The number of benzene rings is 1. The number of ether oxygens (including phenoxy) is 1. The fourth-order valence-corrected chi connectivity index (χ4v) is 1.93. The number of amides is 2. The zero-order valence-electron chi connectivity index (χ0n) is 10.5. The third-order valence-electron chi connectivity index (χ3n) is 2.88. The Morgan fingerprint density at radius 1 is 1.37 bits per heavy atom. The van der Waals surface area contributed by atoms with E-state index in [9.17, 15) is 9.59 Å². The first-order chi connectivity index (χ1) is 9.15. The predicted octanol–water partition coefficient (Wildman–Crippen LogP) is 0.241. The van der Waals surface area contributed by atoms with E-state index in [-0.39, 0.29) is 18.6 Å². The fraction of sp³-hybridized carbons (Fsp3) is 0.385. The summed E-state index contributed by atoms with van der Waals surface area (Å²) in [6.07, 6.45) is 1.89. The van der Waals surface area contributed by atoms with Crippen LogP contribution in [0.5, 0.6) is 5.75 Å². The van der Waals surface area contributed by atoms with Gasteiger partial charge in [-0.2, -0.15) is 0 Å². The van der Waals surface area contributed by atoms with Gasteiger partial charge in [0.15, 0.2) is 6.61 Å². The molecule has 1 aliphatic rings. The van der Waals surface area contributed by atoms with E-state index in [0.29, 0.717) is 11.4 Å². The number of primary amides is 1. The van der Waals surface area contributed by atoms with Gasteiger partial charge < -0.3 is 21.1 Å². The molecule has 1 saturated heterocycles. The Morgan fingerprint density at radius 3 is 2.68 bits per heavy atom. The largest absolute Gasteiger partial charge is 0.484 e. The summed E-state index contributed by atoms with van der Waals surface area (Å²) >= 11 is 0. The van der Waals surface area contributed by atoms with Gasteiger partial charge in [0, 0.05) is 5.69 Å². The topological polar surface area (TPSA) is 93.5 Å². The average Bonchev–Trinajstić information content (AvgIpc) is 2.92. The average molecular weight is 263 g/mol. The van der Waals surface area contributed by atoms with E-state index in [1.807, 2.05) is 0 Å². The molecule has 19 heavy (non-hydrogen) atoms. The van der Waals surface area contributed by atoms with Crippen molar-refractivity contribution >= 4 is 17.5 Å². The Bertz CT molecular complexity index is 453. The number of hydrogen-bond donors (Lipinski definition) is 3. The van der Waals surface area contributed by atoms with E-state index in [1.165, 1.54) is 0 Å². The second-order valence-electron chi connectivity index (χ2n) is 4.42. The molecule has 0 unspecified atom stereocenters. The molecule has 0 bridgehead atoms. The van der Waals surface area contributed by atoms with Gasteiger partial charge in [0.2, 0.25) is 5.91 Å². The van der Waals surface area contributed by atoms with Gasteiger partial charge in [-0.15, -0.1) is 0 Å². The lowest BCUT2D eigenvalue weighted by Gasteiger charge is -2.11. The van der Waals surface area contributed by atoms with Crippen LogP contribution >= 0.6 is 0 Å². The summed E-state index contributed by atoms with van der Waals surface area (Å²) in [5, 5.41) is 5.96. The summed E-state index contributed by atoms with van der Waals surface area (Å²) in [7, 11) is 0. The maximum atomic E-state index is 11.8. The summed E-state index contributed by atoms with van der Waals surface area (Å²) < 4.78 is 5.13. The molecule has 102 valence electrons. The zero-order chi connectivity index (χ0) is 13.7. The molecule has 1 aromatic rings. The lowest BCUT2D eigenvalue weighted by molar-refractivity contribution is -0.120. The maximum Gasteiger partial charge on any atom is 0.255 e. The van der Waals surface area contributed by atoms with Gasteiger partial charge in [0.1, 0.15) is 5.75 Å². The van der Waals surface area contributed by atoms with Crippen molar-refractivity contribution in [3.8, 4) is 5.75 Å². The summed E-state index contributed by atoms with van der Waals surface area (Å²) in [6.45, 7) is 0.732. The molecule has 2 amide bonds. The Labute approximate surface area is 111 Å². The van der Waals surface area contributed by atoms with Gasteiger partial charge in [0.05, 0.1) is 6.04 Å². The van der Waals surface area contributed by atoms with Crippen LogP contribution in [0.25, 0.3) is 0 Å². The van der Waals surface area contributed by atoms with Crippen LogP contribution in [0.3, 0.4) is 0 Å². The van der Waals surface area contributed by atoms with E-state index in [1.54, 1.807) is 24.3 Å². The third kappa shape index (κ3) is 3.96. The predicted molar refractivity (Wildman–Crippen MR) is 70.8 cm³/mol. The van der Waals surface area contributed by atoms with E-state index in [0.717, 1.165) is 19.4 Å². The minimum absolute atomic E-state index is 0.0247. The van der Waals surface area contributed by atoms with Gasteiger partial charge in [-0.3, -0.25) is 9.59 Å². The minimum atomic E-state index is -0.523. The van der Waals surface area contributed by atoms with Crippen molar-refractivity contribution in [2.24, 2.45) is 5.73 Å². The highest BCUT2D eigenvalue weighted by Crippen LogP contribution is 2.16. The second kappa shape index (κ2) is 6.19. The number of anilines is 1. The number of rotatable bonds is 5. The van der Waals surface area contributed by atoms with Gasteiger partial charge in [-0.25, -0.2) is 0 Å². The molecule has 1 atom stereocenters. The highest BCUT2D eigenvalue weighted by molar-refractivity contribution is 5.95. The molecule has 0 spiro atoms. The van der Waals surface area contributed by atoms with Gasteiger partial charge in [-0.1, -0.05) is 0 Å². The summed E-state index contributed by atoms with van der Waals surface area (Å²) in [5.41, 5.74) is 5.68. The molecule has 0 aliphatic carbocycles. The molecule has 1 aliphatic heterocycles. The van der Waals surface area contributed by atoms with Crippen molar-refractivity contribution in [2.45, 2.75) is 18.9 Å². The minimum Gasteiger partial charge on any atom is -0.484 e. The Morgan fingerprint density at radius 2 is 2.11 bits per heavy atom. The van der Waals surface area contributed by atoms with Crippen molar-refractivity contribution in [1.82, 2.24) is 5.32 Å². The van der Waals surface area contributed by atoms with Crippen LogP contribution in [0.4, 0.5) is 5.69 Å². The quantitative estimate of drug-likeness (QED) is 0.709. The first kappa shape index (κ1) is 13.4. The van der Waals surface area contributed by atoms with E-state index >= 15 is 0 Å². The summed E-state index contributed by atoms with van der Waals surface area (Å²) in [4.78, 5) is 22.4. The van der Waals surface area contributed by atoms with Crippen molar-refractivity contribution in [3.05, 3.63) is 24.3 Å². The van der Waals surface area contributed by atoms with Crippen molar-refractivity contribution < 1.29 is 14.3 Å². The maximum absolute atomic E-state index is 11.8. The zero-order valence-corrected chi connectivity index (χ0v) is 10.5. The van der Waals surface area contributed by atoms with Crippen LogP contribution in [0.15, 0.2) is 24.3 Å². The molecule has 6 heteroatoms. The Balaban J connectivity index is 1.87. The molecular weight excluding hydrogens is 246 g/mol. The molecule has 0 aromatic heterocycles. The number of carbonyl (C=O) groups excluding carboxylic acids is 2. The van der Waals surface area contributed by atoms with Gasteiger partial charge in [0.25, 0.3) is 5.91 Å². The molecule has 1 fully saturated rings. The lowest BCUT2D eigenvalue weighted by Crippen LogP contribution is -2.35. The SMILES string of the molecule is NC(=O)COc1ccc(NC(=O)[C@@H]2CCCN2)cc1. The van der Waals surface area contributed by atoms with Crippen LogP contribution in [-0.2, 0) is 9.59 Å². The van der Waals surface area contributed by atoms with Crippen molar-refractivity contribution in [2.75, 3.05) is 18.5 Å². The summed E-state index contributed by atoms with van der Waals surface area (Å²) in [6, 6.07) is 6.71. The normalized spacial score (nSPS) is 18.0. The molecular formula is C13H17N3O3. The number of nitrogens with two attached hydrogens (primary N) is 1. The van der Waals surface area contributed by atoms with Crippen LogP contribution in [-0.4, -0.2) is 31.0 Å². The molecule has 1 aromatic carbocycles. The van der Waals surface area contributed by atoms with Crippen LogP contribution in [0, 0.1) is 0 Å². The molecule has 4 N–H and O–H groups in total. The van der Waals surface area contributed by atoms with E-state index < -0.39 is 5.91 Å². The third-order valence-corrected chi connectivity index (χ3v) is 2.88. The monoisotopic (exact) mass is 263 g/mol. The van der Waals surface area contributed by atoms with E-state index in [2.05, 4.69) is 10.6 Å². The highest BCUT2D eigenvalue weighted by Gasteiger charge is 2.21. The molecule has 6 nitrogen and oxygen atoms in total. The molecule has 1 heterocycles. The van der Waals surface area contributed by atoms with Crippen molar-refractivity contribution in [3.63, 3.8) is 0 Å². The van der Waals surface area contributed by atoms with Crippen LogP contribution in [0.1, 0.15) is 12.8 Å². The van der Waals surface area contributed by atoms with Crippen molar-refractivity contribution in [1.29, 1.82) is 0 Å². The van der Waals surface area contributed by atoms with Crippen LogP contribution in [0.2, 0.25) is 0 Å². The Kier molecular flexibility index (Phi) is 4.35. The molecule has 0 radical (unpaired) electrons. The second-order valence-corrected chi connectivity index (χ2v) is 4.42. The molecule has 0 saturated carbocycles. The Hall–Kier alpha value is -2.08. The standard InChI is InChI=1S/C13H17N3O3/c14-12(17)8-19-10-5-3-9(4-6-10)16-13(18)11-2-1-7-15-11/h3-6,11,15H,1-2,7-8H2,(H2,14,17)(H,16,18)/t11-/m0/s1. The number of hydrogen-bond acceptors (Lipinski definition) is 4. The van der Waals surface area contributed by atoms with Gasteiger partial charge >= 0.3 is 0 Å². The van der Waals surface area contributed by atoms with E-state index in [4.69, 9.17) is 10.5 Å². The smallest absolute Gasteiger partial charge is 0.255 e. The number of nitrogens with one attached hydrogen (secondary N) is 2. The highest BCUT2D eigenvalue weighted by atomic mass is 16.5.